The van der Waals surface area contributed by atoms with Crippen LogP contribution in [0.2, 0.25) is 0 Å². The maximum Gasteiger partial charge on any atom is 0.251 e. The van der Waals surface area contributed by atoms with E-state index in [4.69, 9.17) is 4.99 Å². The molecule has 1 heterocycles. The van der Waals surface area contributed by atoms with Gasteiger partial charge in [-0.2, -0.15) is 0 Å². The number of hydrogen-bond donors (Lipinski definition) is 3. The van der Waals surface area contributed by atoms with Crippen molar-refractivity contribution in [3.63, 3.8) is 0 Å². The topological polar surface area (TPSA) is 85.8 Å². The summed E-state index contributed by atoms with van der Waals surface area (Å²) in [7, 11) is 0. The Morgan fingerprint density at radius 3 is 2.50 bits per heavy atom. The smallest absolute Gasteiger partial charge is 0.251 e. The van der Waals surface area contributed by atoms with Crippen LogP contribution < -0.4 is 16.0 Å². The molecular formula is C25H39N5O2. The van der Waals surface area contributed by atoms with Crippen LogP contribution in [0.15, 0.2) is 29.3 Å². The zero-order chi connectivity index (χ0) is 22.9. The second-order valence-corrected chi connectivity index (χ2v) is 9.07. The fourth-order valence-electron chi connectivity index (χ4n) is 4.36. The van der Waals surface area contributed by atoms with E-state index >= 15 is 0 Å². The lowest BCUT2D eigenvalue weighted by Crippen LogP contribution is -2.45. The van der Waals surface area contributed by atoms with Crippen molar-refractivity contribution in [2.24, 2.45) is 10.9 Å². The van der Waals surface area contributed by atoms with Gasteiger partial charge in [-0.1, -0.05) is 31.9 Å². The molecule has 0 spiro atoms. The van der Waals surface area contributed by atoms with E-state index < -0.39 is 0 Å². The molecule has 2 fully saturated rings. The molecule has 1 aromatic carbocycles. The Labute approximate surface area is 192 Å². The van der Waals surface area contributed by atoms with Gasteiger partial charge in [-0.05, 0) is 57.2 Å². The molecule has 0 aromatic heterocycles. The largest absolute Gasteiger partial charge is 0.357 e. The summed E-state index contributed by atoms with van der Waals surface area (Å²) in [4.78, 5) is 31.7. The van der Waals surface area contributed by atoms with Gasteiger partial charge in [0, 0.05) is 43.2 Å². The highest BCUT2D eigenvalue weighted by Gasteiger charge is 2.32. The Balaban J connectivity index is 1.52. The predicted octanol–water partition coefficient (Wildman–Crippen LogP) is 3.06. The molecule has 1 aliphatic carbocycles. The first-order valence-electron chi connectivity index (χ1n) is 12.2. The van der Waals surface area contributed by atoms with E-state index in [-0.39, 0.29) is 23.9 Å². The Kier molecular flexibility index (Phi) is 8.94. The van der Waals surface area contributed by atoms with Crippen LogP contribution >= 0.6 is 0 Å². The highest BCUT2D eigenvalue weighted by Crippen LogP contribution is 2.27. The first-order chi connectivity index (χ1) is 15.5. The minimum atomic E-state index is -0.0395. The molecule has 1 saturated heterocycles. The first kappa shape index (κ1) is 24.1. The molecule has 7 heteroatoms. The third kappa shape index (κ3) is 6.71. The van der Waals surface area contributed by atoms with E-state index in [1.165, 1.54) is 12.8 Å². The molecule has 0 bridgehead atoms. The molecule has 7 nitrogen and oxygen atoms in total. The summed E-state index contributed by atoms with van der Waals surface area (Å²) in [6.07, 6.45) is 6.33. The van der Waals surface area contributed by atoms with Crippen LogP contribution in [-0.2, 0) is 11.3 Å². The third-order valence-electron chi connectivity index (χ3n) is 6.52. The normalized spacial score (nSPS) is 20.3. The third-order valence-corrected chi connectivity index (χ3v) is 6.52. The fourth-order valence-corrected chi connectivity index (χ4v) is 4.36. The summed E-state index contributed by atoms with van der Waals surface area (Å²) in [6, 6.07) is 8.01. The van der Waals surface area contributed by atoms with E-state index in [2.05, 4.69) is 22.9 Å². The van der Waals surface area contributed by atoms with Gasteiger partial charge in [0.1, 0.15) is 0 Å². The molecular weight excluding hydrogens is 402 g/mol. The maximum absolute atomic E-state index is 12.7. The number of carbonyl (C=O) groups excluding carboxylic acids is 2. The van der Waals surface area contributed by atoms with Gasteiger partial charge in [-0.25, -0.2) is 4.99 Å². The molecule has 0 radical (unpaired) electrons. The van der Waals surface area contributed by atoms with Crippen molar-refractivity contribution in [3.05, 3.63) is 35.4 Å². The van der Waals surface area contributed by atoms with Gasteiger partial charge in [-0.3, -0.25) is 9.59 Å². The minimum absolute atomic E-state index is 0.0395. The van der Waals surface area contributed by atoms with Gasteiger partial charge in [0.2, 0.25) is 5.91 Å². The standard InChI is InChI=1S/C25H39N5O2/c1-4-18(3)28-23(31)20-12-10-19(11-13-20)16-27-25(26-5-2)29-22-14-15-30(17-22)24(32)21-8-6-7-9-21/h10-13,18,21-22H,4-9,14-17H2,1-3H3,(H,28,31)(H2,26,27,29). The van der Waals surface area contributed by atoms with Gasteiger partial charge >= 0.3 is 0 Å². The van der Waals surface area contributed by atoms with Crippen LogP contribution in [0, 0.1) is 5.92 Å². The number of rotatable bonds is 8. The molecule has 2 aliphatic rings. The van der Waals surface area contributed by atoms with Gasteiger partial charge < -0.3 is 20.9 Å². The molecule has 3 rings (SSSR count). The van der Waals surface area contributed by atoms with Gasteiger partial charge in [0.15, 0.2) is 5.96 Å². The molecule has 32 heavy (non-hydrogen) atoms. The maximum atomic E-state index is 12.7. The Bertz CT molecular complexity index is 786. The number of amides is 2. The molecule has 2 unspecified atom stereocenters. The summed E-state index contributed by atoms with van der Waals surface area (Å²) in [5, 5.41) is 9.80. The number of benzene rings is 1. The summed E-state index contributed by atoms with van der Waals surface area (Å²) in [6.45, 7) is 8.99. The SMILES string of the molecule is CCNC(=NCc1ccc(C(=O)NC(C)CC)cc1)NC1CCN(C(=O)C2CCCC2)C1. The van der Waals surface area contributed by atoms with E-state index in [9.17, 15) is 9.59 Å². The number of aliphatic imine (C=N–C) groups is 1. The Morgan fingerprint density at radius 2 is 1.84 bits per heavy atom. The Hall–Kier alpha value is -2.57. The first-order valence-corrected chi connectivity index (χ1v) is 12.2. The molecule has 1 saturated carbocycles. The average Bonchev–Trinajstić information content (AvgIpc) is 3.50. The number of nitrogens with one attached hydrogen (secondary N) is 3. The van der Waals surface area contributed by atoms with Crippen LogP contribution in [0.1, 0.15) is 75.2 Å². The fraction of sp³-hybridized carbons (Fsp3) is 0.640. The highest BCUT2D eigenvalue weighted by atomic mass is 16.2. The lowest BCUT2D eigenvalue weighted by molar-refractivity contribution is -0.134. The summed E-state index contributed by atoms with van der Waals surface area (Å²) < 4.78 is 0. The van der Waals surface area contributed by atoms with Crippen molar-refractivity contribution < 1.29 is 9.59 Å². The van der Waals surface area contributed by atoms with Gasteiger partial charge in [0.25, 0.3) is 5.91 Å². The van der Waals surface area contributed by atoms with Gasteiger partial charge in [0.05, 0.1) is 6.54 Å². The van der Waals surface area contributed by atoms with Crippen molar-refractivity contribution in [3.8, 4) is 0 Å². The molecule has 2 amide bonds. The van der Waals surface area contributed by atoms with E-state index in [1.807, 2.05) is 43.0 Å². The quantitative estimate of drug-likeness (QED) is 0.428. The highest BCUT2D eigenvalue weighted by molar-refractivity contribution is 5.94. The number of hydrogen-bond acceptors (Lipinski definition) is 3. The zero-order valence-electron chi connectivity index (χ0n) is 19.8. The summed E-state index contributed by atoms with van der Waals surface area (Å²) in [5.74, 6) is 1.31. The summed E-state index contributed by atoms with van der Waals surface area (Å²) >= 11 is 0. The number of guanidine groups is 1. The molecule has 1 aliphatic heterocycles. The van der Waals surface area contributed by atoms with Crippen molar-refractivity contribution >= 4 is 17.8 Å². The van der Waals surface area contributed by atoms with Gasteiger partial charge in [-0.15, -0.1) is 0 Å². The lowest BCUT2D eigenvalue weighted by Gasteiger charge is -2.21. The van der Waals surface area contributed by atoms with Crippen LogP contribution in [-0.4, -0.2) is 54.4 Å². The predicted molar refractivity (Wildman–Crippen MR) is 129 cm³/mol. The van der Waals surface area contributed by atoms with Crippen molar-refractivity contribution in [1.29, 1.82) is 0 Å². The number of likely N-dealkylation sites (tertiary alicyclic amines) is 1. The van der Waals surface area contributed by atoms with E-state index in [0.717, 1.165) is 56.8 Å². The van der Waals surface area contributed by atoms with E-state index in [1.54, 1.807) is 0 Å². The monoisotopic (exact) mass is 441 g/mol. The Morgan fingerprint density at radius 1 is 1.12 bits per heavy atom. The van der Waals surface area contributed by atoms with Crippen molar-refractivity contribution in [1.82, 2.24) is 20.9 Å². The molecule has 2 atom stereocenters. The molecule has 176 valence electrons. The van der Waals surface area contributed by atoms with Crippen molar-refractivity contribution in [2.45, 2.75) is 77.9 Å². The lowest BCUT2D eigenvalue weighted by atomic mass is 10.1. The second-order valence-electron chi connectivity index (χ2n) is 9.07. The molecule has 3 N–H and O–H groups in total. The second kappa shape index (κ2) is 11.9. The summed E-state index contributed by atoms with van der Waals surface area (Å²) in [5.41, 5.74) is 1.72. The zero-order valence-corrected chi connectivity index (χ0v) is 19.8. The van der Waals surface area contributed by atoms with Crippen LogP contribution in [0.5, 0.6) is 0 Å². The molecule has 1 aromatic rings. The minimum Gasteiger partial charge on any atom is -0.357 e. The number of carbonyl (C=O) groups is 2. The van der Waals surface area contributed by atoms with Crippen LogP contribution in [0.3, 0.4) is 0 Å². The van der Waals surface area contributed by atoms with Crippen LogP contribution in [0.25, 0.3) is 0 Å². The van der Waals surface area contributed by atoms with Crippen LogP contribution in [0.4, 0.5) is 0 Å². The number of nitrogens with zero attached hydrogens (tertiary/aromatic N) is 2. The van der Waals surface area contributed by atoms with Crippen molar-refractivity contribution in [2.75, 3.05) is 19.6 Å². The average molecular weight is 442 g/mol. The van der Waals surface area contributed by atoms with E-state index in [0.29, 0.717) is 18.0 Å².